The first-order chi connectivity index (χ1) is 10.2. The molecule has 0 aliphatic heterocycles. The molecule has 0 saturated heterocycles. The number of aromatic nitrogens is 1. The highest BCUT2D eigenvalue weighted by atomic mass is 16.3. The highest BCUT2D eigenvalue weighted by molar-refractivity contribution is 5.87. The zero-order chi connectivity index (χ0) is 14.7. The van der Waals surface area contributed by atoms with E-state index < -0.39 is 0 Å². The number of hydrogen-bond donors (Lipinski definition) is 2. The molecule has 3 aromatic rings. The third-order valence-corrected chi connectivity index (χ3v) is 3.62. The lowest BCUT2D eigenvalue weighted by Crippen LogP contribution is -2.13. The number of rotatable bonds is 4. The fraction of sp³-hybridized carbons (Fsp3) is 0.167. The summed E-state index contributed by atoms with van der Waals surface area (Å²) < 4.78 is 0. The zero-order valence-corrected chi connectivity index (χ0v) is 12.0. The van der Waals surface area contributed by atoms with Gasteiger partial charge in [-0.25, -0.2) is 0 Å². The second-order valence-electron chi connectivity index (χ2n) is 5.20. The van der Waals surface area contributed by atoms with Crippen molar-refractivity contribution >= 4 is 10.8 Å². The van der Waals surface area contributed by atoms with Crippen LogP contribution in [0.25, 0.3) is 10.8 Å². The molecule has 0 aliphatic carbocycles. The Morgan fingerprint density at radius 2 is 1.86 bits per heavy atom. The number of hydrogen-bond acceptors (Lipinski definition) is 3. The maximum Gasteiger partial charge on any atom is 0.120 e. The lowest BCUT2D eigenvalue weighted by atomic mass is 10.0. The van der Waals surface area contributed by atoms with Gasteiger partial charge in [-0.05, 0) is 35.4 Å². The third kappa shape index (κ3) is 3.03. The van der Waals surface area contributed by atoms with E-state index >= 15 is 0 Å². The Balaban J connectivity index is 1.76. The van der Waals surface area contributed by atoms with Crippen LogP contribution in [0.4, 0.5) is 0 Å². The fourth-order valence-electron chi connectivity index (χ4n) is 2.45. The molecule has 21 heavy (non-hydrogen) atoms. The summed E-state index contributed by atoms with van der Waals surface area (Å²) in [6, 6.07) is 15.9. The van der Waals surface area contributed by atoms with Gasteiger partial charge in [-0.2, -0.15) is 0 Å². The summed E-state index contributed by atoms with van der Waals surface area (Å²) in [5.74, 6) is 0.336. The molecule has 3 rings (SSSR count). The minimum Gasteiger partial charge on any atom is -0.508 e. The number of aryl methyl sites for hydroxylation is 1. The number of pyridine rings is 1. The molecule has 3 nitrogen and oxygen atoms in total. The molecule has 2 N–H and O–H groups in total. The fourth-order valence-corrected chi connectivity index (χ4v) is 2.45. The normalized spacial score (nSPS) is 10.9. The largest absolute Gasteiger partial charge is 0.508 e. The summed E-state index contributed by atoms with van der Waals surface area (Å²) in [6.07, 6.45) is 1.88. The third-order valence-electron chi connectivity index (χ3n) is 3.62. The first-order valence-electron chi connectivity index (χ1n) is 7.06. The molecule has 0 saturated carbocycles. The Morgan fingerprint density at radius 3 is 2.67 bits per heavy atom. The Bertz CT molecular complexity index is 751. The van der Waals surface area contributed by atoms with Crippen molar-refractivity contribution < 1.29 is 5.11 Å². The lowest BCUT2D eigenvalue weighted by molar-refractivity contribution is 0.466. The van der Waals surface area contributed by atoms with Crippen molar-refractivity contribution in [2.45, 2.75) is 20.0 Å². The van der Waals surface area contributed by atoms with Gasteiger partial charge >= 0.3 is 0 Å². The predicted molar refractivity (Wildman–Crippen MR) is 85.1 cm³/mol. The number of aromatic hydroxyl groups is 1. The van der Waals surface area contributed by atoms with Crippen molar-refractivity contribution in [1.29, 1.82) is 0 Å². The first kappa shape index (κ1) is 13.6. The van der Waals surface area contributed by atoms with Crippen molar-refractivity contribution in [3.05, 3.63) is 71.5 Å². The number of nitrogens with one attached hydrogen (secondary N) is 1. The molecular weight excluding hydrogens is 260 g/mol. The average Bonchev–Trinajstić information content (AvgIpc) is 2.51. The van der Waals surface area contributed by atoms with Crippen molar-refractivity contribution in [1.82, 2.24) is 10.3 Å². The molecule has 1 heterocycles. The summed E-state index contributed by atoms with van der Waals surface area (Å²) >= 11 is 0. The van der Waals surface area contributed by atoms with E-state index in [0.717, 1.165) is 34.1 Å². The van der Waals surface area contributed by atoms with E-state index in [1.54, 1.807) is 6.07 Å². The molecule has 0 fully saturated rings. The van der Waals surface area contributed by atoms with Gasteiger partial charge in [0.2, 0.25) is 0 Å². The van der Waals surface area contributed by atoms with E-state index in [2.05, 4.69) is 22.4 Å². The Labute approximate surface area is 124 Å². The molecule has 106 valence electrons. The van der Waals surface area contributed by atoms with Gasteiger partial charge in [0.05, 0.1) is 0 Å². The maximum atomic E-state index is 10.1. The molecule has 0 radical (unpaired) electrons. The molecule has 0 unspecified atom stereocenters. The summed E-state index contributed by atoms with van der Waals surface area (Å²) in [6.45, 7) is 3.34. The zero-order valence-electron chi connectivity index (χ0n) is 12.0. The van der Waals surface area contributed by atoms with Gasteiger partial charge in [0.15, 0.2) is 0 Å². The maximum absolute atomic E-state index is 10.1. The summed E-state index contributed by atoms with van der Waals surface area (Å²) in [4.78, 5) is 4.28. The van der Waals surface area contributed by atoms with Gasteiger partial charge in [-0.15, -0.1) is 0 Å². The van der Waals surface area contributed by atoms with E-state index in [1.807, 2.05) is 43.5 Å². The smallest absolute Gasteiger partial charge is 0.120 e. The molecule has 0 bridgehead atoms. The molecule has 1 aromatic heterocycles. The van der Waals surface area contributed by atoms with Crippen LogP contribution >= 0.6 is 0 Å². The topological polar surface area (TPSA) is 45.1 Å². The number of benzene rings is 2. The molecule has 2 aromatic carbocycles. The van der Waals surface area contributed by atoms with E-state index in [0.29, 0.717) is 12.3 Å². The van der Waals surface area contributed by atoms with Crippen molar-refractivity contribution in [3.8, 4) is 5.75 Å². The first-order valence-corrected chi connectivity index (χ1v) is 7.06. The molecule has 3 heteroatoms. The highest BCUT2D eigenvalue weighted by Gasteiger charge is 2.06. The summed E-state index contributed by atoms with van der Waals surface area (Å²) in [7, 11) is 0. The monoisotopic (exact) mass is 278 g/mol. The molecule has 0 amide bonds. The number of nitrogens with zero attached hydrogens (tertiary/aromatic N) is 1. The van der Waals surface area contributed by atoms with Crippen LogP contribution < -0.4 is 5.32 Å². The Morgan fingerprint density at radius 1 is 1.00 bits per heavy atom. The molecule has 0 aliphatic rings. The van der Waals surface area contributed by atoms with Gasteiger partial charge in [-0.1, -0.05) is 36.4 Å². The Kier molecular flexibility index (Phi) is 3.84. The Hall–Kier alpha value is -2.39. The minimum atomic E-state index is 0.336. The SMILES string of the molecule is Cc1ccc(CNCc2c(O)ccc3ccccc23)cn1. The number of phenolic OH excluding ortho intramolecular Hbond substituents is 1. The van der Waals surface area contributed by atoms with Gasteiger partial charge in [0, 0.05) is 30.5 Å². The number of phenols is 1. The highest BCUT2D eigenvalue weighted by Crippen LogP contribution is 2.26. The molecule has 0 spiro atoms. The van der Waals surface area contributed by atoms with Crippen LogP contribution in [0.1, 0.15) is 16.8 Å². The van der Waals surface area contributed by atoms with Gasteiger partial charge in [0.1, 0.15) is 5.75 Å². The summed E-state index contributed by atoms with van der Waals surface area (Å²) in [5, 5.41) is 15.7. The summed E-state index contributed by atoms with van der Waals surface area (Å²) in [5.41, 5.74) is 3.10. The molecule has 0 atom stereocenters. The van der Waals surface area contributed by atoms with Gasteiger partial charge in [-0.3, -0.25) is 4.98 Å². The van der Waals surface area contributed by atoms with Gasteiger partial charge < -0.3 is 10.4 Å². The second kappa shape index (κ2) is 5.94. The van der Waals surface area contributed by atoms with Crippen LogP contribution in [0.2, 0.25) is 0 Å². The predicted octanol–water partition coefficient (Wildman–Crippen LogP) is 3.54. The molecular formula is C18H18N2O. The van der Waals surface area contributed by atoms with Crippen LogP contribution in [0, 0.1) is 6.92 Å². The number of fused-ring (bicyclic) bond motifs is 1. The van der Waals surface area contributed by atoms with Gasteiger partial charge in [0.25, 0.3) is 0 Å². The standard InChI is InChI=1S/C18H18N2O/c1-13-6-7-14(11-20-13)10-19-12-17-16-5-3-2-4-15(16)8-9-18(17)21/h2-9,11,19,21H,10,12H2,1H3. The van der Waals surface area contributed by atoms with E-state index in [1.165, 1.54) is 0 Å². The van der Waals surface area contributed by atoms with E-state index in [9.17, 15) is 5.11 Å². The average molecular weight is 278 g/mol. The van der Waals surface area contributed by atoms with Crippen LogP contribution in [-0.4, -0.2) is 10.1 Å². The van der Waals surface area contributed by atoms with E-state index in [-0.39, 0.29) is 0 Å². The van der Waals surface area contributed by atoms with Crippen molar-refractivity contribution in [3.63, 3.8) is 0 Å². The minimum absolute atomic E-state index is 0.336. The van der Waals surface area contributed by atoms with Crippen LogP contribution in [0.3, 0.4) is 0 Å². The lowest BCUT2D eigenvalue weighted by Gasteiger charge is -2.10. The quantitative estimate of drug-likeness (QED) is 0.767. The van der Waals surface area contributed by atoms with Crippen LogP contribution in [0.15, 0.2) is 54.7 Å². The second-order valence-corrected chi connectivity index (χ2v) is 5.20. The van der Waals surface area contributed by atoms with Crippen LogP contribution in [-0.2, 0) is 13.1 Å². The van der Waals surface area contributed by atoms with Crippen molar-refractivity contribution in [2.75, 3.05) is 0 Å². The van der Waals surface area contributed by atoms with Crippen LogP contribution in [0.5, 0.6) is 5.75 Å². The van der Waals surface area contributed by atoms with Crippen molar-refractivity contribution in [2.24, 2.45) is 0 Å². The van der Waals surface area contributed by atoms with E-state index in [4.69, 9.17) is 0 Å².